The van der Waals surface area contributed by atoms with E-state index in [9.17, 15) is 4.79 Å². The van der Waals surface area contributed by atoms with Crippen molar-refractivity contribution in [3.63, 3.8) is 0 Å². The molecule has 1 aliphatic heterocycles. The Morgan fingerprint density at radius 2 is 2.07 bits per heavy atom. The summed E-state index contributed by atoms with van der Waals surface area (Å²) in [6, 6.07) is 11.4. The Hall–Kier alpha value is -3.28. The van der Waals surface area contributed by atoms with E-state index in [1.54, 1.807) is 20.4 Å². The second kappa shape index (κ2) is 7.76. The average Bonchev–Trinajstić information content (AvgIpc) is 3.27. The minimum absolute atomic E-state index is 0.142. The average molecular weight is 379 g/mol. The Bertz CT molecular complexity index is 981. The van der Waals surface area contributed by atoms with Crippen LogP contribution in [0.5, 0.6) is 17.2 Å². The third-order valence-electron chi connectivity index (χ3n) is 4.97. The van der Waals surface area contributed by atoms with Crippen LogP contribution in [0.3, 0.4) is 0 Å². The molecule has 2 aromatic carbocycles. The summed E-state index contributed by atoms with van der Waals surface area (Å²) in [5.41, 5.74) is 2.70. The van der Waals surface area contributed by atoms with Gasteiger partial charge in [-0.05, 0) is 47.9 Å². The summed E-state index contributed by atoms with van der Waals surface area (Å²) in [5.74, 6) is 2.83. The van der Waals surface area contributed by atoms with Gasteiger partial charge in [0.15, 0.2) is 12.2 Å². The predicted molar refractivity (Wildman–Crippen MR) is 103 cm³/mol. The molecule has 1 aliphatic rings. The lowest BCUT2D eigenvalue weighted by Crippen LogP contribution is -2.29. The molecule has 0 aliphatic carbocycles. The van der Waals surface area contributed by atoms with Crippen molar-refractivity contribution in [1.82, 2.24) is 4.98 Å². The van der Waals surface area contributed by atoms with E-state index in [1.807, 2.05) is 36.4 Å². The number of methoxy groups -OCH3 is 2. The minimum atomic E-state index is -0.181. The van der Waals surface area contributed by atoms with Crippen molar-refractivity contribution in [2.45, 2.75) is 12.8 Å². The highest BCUT2D eigenvalue weighted by Crippen LogP contribution is 2.33. The lowest BCUT2D eigenvalue weighted by Gasteiger charge is -2.25. The second-order valence-electron chi connectivity index (χ2n) is 6.73. The van der Waals surface area contributed by atoms with Crippen LogP contribution >= 0.6 is 0 Å². The van der Waals surface area contributed by atoms with Gasteiger partial charge in [0, 0.05) is 6.42 Å². The molecule has 0 N–H and O–H groups in total. The van der Waals surface area contributed by atoms with E-state index in [1.165, 1.54) is 6.39 Å². The number of fused-ring (bicyclic) bond motifs is 1. The third kappa shape index (κ3) is 3.58. The zero-order valence-electron chi connectivity index (χ0n) is 15.8. The number of rotatable bonds is 6. The molecule has 0 fully saturated rings. The number of Topliss-reactive ketones (excluding diaryl/α,β-unsaturated/α-hetero) is 1. The van der Waals surface area contributed by atoms with Crippen molar-refractivity contribution in [3.8, 4) is 28.6 Å². The van der Waals surface area contributed by atoms with Crippen LogP contribution in [0.1, 0.15) is 11.1 Å². The van der Waals surface area contributed by atoms with Crippen LogP contribution in [0.2, 0.25) is 0 Å². The molecule has 28 heavy (non-hydrogen) atoms. The van der Waals surface area contributed by atoms with Crippen molar-refractivity contribution < 1.29 is 23.4 Å². The first-order chi connectivity index (χ1) is 13.7. The highest BCUT2D eigenvalue weighted by atomic mass is 16.5. The smallest absolute Gasteiger partial charge is 0.181 e. The number of carbonyl (C=O) groups excluding carboxylic acids is 1. The Morgan fingerprint density at radius 1 is 1.18 bits per heavy atom. The zero-order chi connectivity index (χ0) is 19.5. The van der Waals surface area contributed by atoms with Crippen LogP contribution in [0.25, 0.3) is 11.3 Å². The van der Waals surface area contributed by atoms with Gasteiger partial charge in [-0.2, -0.15) is 0 Å². The highest BCUT2D eigenvalue weighted by molar-refractivity contribution is 5.84. The van der Waals surface area contributed by atoms with Crippen molar-refractivity contribution >= 4 is 5.78 Å². The van der Waals surface area contributed by atoms with Crippen LogP contribution in [-0.4, -0.2) is 31.6 Å². The fourth-order valence-electron chi connectivity index (χ4n) is 3.45. The maximum atomic E-state index is 12.9. The topological polar surface area (TPSA) is 70.8 Å². The molecule has 1 aromatic heterocycles. The van der Waals surface area contributed by atoms with Gasteiger partial charge in [-0.25, -0.2) is 4.98 Å². The van der Waals surface area contributed by atoms with Crippen LogP contribution in [0.15, 0.2) is 53.4 Å². The molecule has 4 rings (SSSR count). The monoisotopic (exact) mass is 379 g/mol. The summed E-state index contributed by atoms with van der Waals surface area (Å²) < 4.78 is 21.9. The van der Waals surface area contributed by atoms with Crippen LogP contribution < -0.4 is 14.2 Å². The number of hydrogen-bond acceptors (Lipinski definition) is 6. The Morgan fingerprint density at radius 3 is 2.82 bits per heavy atom. The SMILES string of the molecule is COc1ccc2c(c1)CC(C(=O)Cc1ccc(-c3cnco3)c(OC)c1)CO2. The van der Waals surface area contributed by atoms with Gasteiger partial charge in [0.1, 0.15) is 23.0 Å². The van der Waals surface area contributed by atoms with Crippen molar-refractivity contribution in [1.29, 1.82) is 0 Å². The van der Waals surface area contributed by atoms with Crippen molar-refractivity contribution in [3.05, 3.63) is 60.1 Å². The van der Waals surface area contributed by atoms with E-state index in [-0.39, 0.29) is 11.7 Å². The lowest BCUT2D eigenvalue weighted by atomic mass is 9.90. The van der Waals surface area contributed by atoms with Gasteiger partial charge in [0.2, 0.25) is 0 Å². The molecule has 3 aromatic rings. The molecular weight excluding hydrogens is 358 g/mol. The Kier molecular flexibility index (Phi) is 5.02. The molecule has 0 bridgehead atoms. The third-order valence-corrected chi connectivity index (χ3v) is 4.97. The summed E-state index contributed by atoms with van der Waals surface area (Å²) >= 11 is 0. The first kappa shape index (κ1) is 18.1. The highest BCUT2D eigenvalue weighted by Gasteiger charge is 2.26. The van der Waals surface area contributed by atoms with Crippen LogP contribution in [0.4, 0.5) is 0 Å². The number of nitrogens with zero attached hydrogens (tertiary/aromatic N) is 1. The molecule has 6 heteroatoms. The fourth-order valence-corrected chi connectivity index (χ4v) is 3.45. The molecule has 0 radical (unpaired) electrons. The summed E-state index contributed by atoms with van der Waals surface area (Å²) in [4.78, 5) is 16.8. The van der Waals surface area contributed by atoms with E-state index < -0.39 is 0 Å². The van der Waals surface area contributed by atoms with E-state index in [0.29, 0.717) is 31.0 Å². The van der Waals surface area contributed by atoms with Gasteiger partial charge in [-0.15, -0.1) is 0 Å². The molecular formula is C22H21NO5. The molecule has 2 heterocycles. The molecule has 0 saturated heterocycles. The number of ketones is 1. The molecule has 1 unspecified atom stereocenters. The number of benzene rings is 2. The minimum Gasteiger partial charge on any atom is -0.497 e. The van der Waals surface area contributed by atoms with Crippen LogP contribution in [-0.2, 0) is 17.6 Å². The number of aromatic nitrogens is 1. The first-order valence-corrected chi connectivity index (χ1v) is 9.06. The van der Waals surface area contributed by atoms with E-state index >= 15 is 0 Å². The number of oxazole rings is 1. The first-order valence-electron chi connectivity index (χ1n) is 9.06. The second-order valence-corrected chi connectivity index (χ2v) is 6.73. The number of ether oxygens (including phenoxy) is 3. The van der Waals surface area contributed by atoms with E-state index in [2.05, 4.69) is 4.98 Å². The molecule has 0 spiro atoms. The van der Waals surface area contributed by atoms with Gasteiger partial charge in [-0.1, -0.05) is 6.07 Å². The molecule has 1 atom stereocenters. The summed E-state index contributed by atoms with van der Waals surface area (Å²) in [6.45, 7) is 0.394. The zero-order valence-corrected chi connectivity index (χ0v) is 15.8. The van der Waals surface area contributed by atoms with E-state index in [4.69, 9.17) is 18.6 Å². The van der Waals surface area contributed by atoms with E-state index in [0.717, 1.165) is 28.2 Å². The Labute approximate surface area is 163 Å². The van der Waals surface area contributed by atoms with Gasteiger partial charge in [-0.3, -0.25) is 4.79 Å². The summed E-state index contributed by atoms with van der Waals surface area (Å²) in [5, 5.41) is 0. The lowest BCUT2D eigenvalue weighted by molar-refractivity contribution is -0.123. The number of carbonyl (C=O) groups is 1. The largest absolute Gasteiger partial charge is 0.497 e. The quantitative estimate of drug-likeness (QED) is 0.650. The normalized spacial score (nSPS) is 15.4. The summed E-state index contributed by atoms with van der Waals surface area (Å²) in [7, 11) is 3.23. The van der Waals surface area contributed by atoms with Crippen molar-refractivity contribution in [2.24, 2.45) is 5.92 Å². The Balaban J connectivity index is 1.49. The van der Waals surface area contributed by atoms with Crippen molar-refractivity contribution in [2.75, 3.05) is 20.8 Å². The van der Waals surface area contributed by atoms with Gasteiger partial charge in [0.25, 0.3) is 0 Å². The summed E-state index contributed by atoms with van der Waals surface area (Å²) in [6.07, 6.45) is 3.98. The maximum absolute atomic E-state index is 12.9. The molecule has 0 saturated carbocycles. The standard InChI is InChI=1S/C22H21NO5/c1-25-17-4-6-20-15(10-17)9-16(12-27-20)19(24)7-14-3-5-18(21(8-14)26-2)22-11-23-13-28-22/h3-6,8,10-11,13,16H,7,9,12H2,1-2H3. The predicted octanol–water partition coefficient (Wildman–Crippen LogP) is 3.72. The van der Waals surface area contributed by atoms with Crippen LogP contribution in [0, 0.1) is 5.92 Å². The molecule has 0 amide bonds. The van der Waals surface area contributed by atoms with Gasteiger partial charge >= 0.3 is 0 Å². The molecule has 6 nitrogen and oxygen atoms in total. The van der Waals surface area contributed by atoms with Gasteiger partial charge < -0.3 is 18.6 Å². The maximum Gasteiger partial charge on any atom is 0.181 e. The fraction of sp³-hybridized carbons (Fsp3) is 0.273. The molecule has 144 valence electrons. The number of hydrogen-bond donors (Lipinski definition) is 0. The van der Waals surface area contributed by atoms with Gasteiger partial charge in [0.05, 0.1) is 38.5 Å².